The Balaban J connectivity index is 0.000000142. The largest absolute Gasteiger partial charge is 0.497 e. The number of amides is 5. The third-order valence-corrected chi connectivity index (χ3v) is 19.0. The van der Waals surface area contributed by atoms with Gasteiger partial charge in [0.05, 0.1) is 71.8 Å². The van der Waals surface area contributed by atoms with Gasteiger partial charge in [0, 0.05) is 19.6 Å². The van der Waals surface area contributed by atoms with Crippen LogP contribution >= 0.6 is 47.0 Å². The molecule has 8 aromatic rings. The van der Waals surface area contributed by atoms with Crippen molar-refractivity contribution in [1.29, 1.82) is 0 Å². The molecule has 0 aromatic heterocycles. The molecule has 3 unspecified atom stereocenters. The van der Waals surface area contributed by atoms with Gasteiger partial charge in [-0.3, -0.25) is 38.9 Å². The van der Waals surface area contributed by atoms with Crippen LogP contribution in [0.25, 0.3) is 6.08 Å². The topological polar surface area (TPSA) is 222 Å². The zero-order chi connectivity index (χ0) is 62.8. The first-order valence-corrected chi connectivity index (χ1v) is 31.4. The number of benzene rings is 8. The van der Waals surface area contributed by atoms with Crippen LogP contribution in [0.5, 0.6) is 23.0 Å². The Morgan fingerprint density at radius 3 is 1.31 bits per heavy atom. The van der Waals surface area contributed by atoms with Crippen LogP contribution in [-0.4, -0.2) is 103 Å². The van der Waals surface area contributed by atoms with Crippen LogP contribution in [0, 0.1) is 0 Å². The SMILES string of the molecule is COc1ccc(/C=C2\Sc3ccccc3NC2=O)cc1.COc1ccc(CC2Sc3ccccc3N(CC(=O)NO)C2=O)cc1.COc1ccc(CC2Sc3ccccc3N(CC(=O)O)C2=O)cc1.COc1ccc(CC2Sc3ccccc3NC2=O)cc1. The number of ether oxygens (including phenoxy) is 4. The lowest BCUT2D eigenvalue weighted by Crippen LogP contribution is -2.46. The number of hydrogen-bond acceptors (Lipinski definition) is 15. The smallest absolute Gasteiger partial charge is 0.323 e. The summed E-state index contributed by atoms with van der Waals surface area (Å²) in [5.74, 6) is 1.20. The van der Waals surface area contributed by atoms with Gasteiger partial charge >= 0.3 is 5.97 Å². The van der Waals surface area contributed by atoms with Crippen molar-refractivity contribution >= 4 is 111 Å². The summed E-state index contributed by atoms with van der Waals surface area (Å²) >= 11 is 6.09. The van der Waals surface area contributed by atoms with Gasteiger partial charge in [-0.1, -0.05) is 109 Å². The number of carboxylic acid groups (broad SMARTS) is 1. The highest BCUT2D eigenvalue weighted by molar-refractivity contribution is 8.04. The summed E-state index contributed by atoms with van der Waals surface area (Å²) in [5, 5.41) is 23.0. The number of thioether (sulfide) groups is 4. The van der Waals surface area contributed by atoms with E-state index >= 15 is 0 Å². The number of hydrogen-bond donors (Lipinski definition) is 5. The molecule has 0 saturated heterocycles. The van der Waals surface area contributed by atoms with E-state index in [1.165, 1.54) is 45.1 Å². The van der Waals surface area contributed by atoms with Gasteiger partial charge in [0.2, 0.25) is 17.7 Å². The molecule has 4 aliphatic rings. The van der Waals surface area contributed by atoms with Crippen LogP contribution in [0.3, 0.4) is 0 Å². The molecule has 17 nitrogen and oxygen atoms in total. The number of methoxy groups -OCH3 is 4. The van der Waals surface area contributed by atoms with Gasteiger partial charge in [-0.05, 0) is 145 Å². The average Bonchev–Trinajstić information content (AvgIpc) is 1.34. The molecular weight excluding hydrogens is 1210 g/mol. The fourth-order valence-corrected chi connectivity index (χ4v) is 14.2. The summed E-state index contributed by atoms with van der Waals surface area (Å²) in [6.45, 7) is -0.540. The summed E-state index contributed by atoms with van der Waals surface area (Å²) in [6, 6.07) is 61.2. The lowest BCUT2D eigenvalue weighted by molar-refractivity contribution is -0.136. The Labute approximate surface area is 532 Å². The minimum absolute atomic E-state index is 0.0653. The first-order chi connectivity index (χ1) is 43.2. The average molecular weight is 1270 g/mol. The maximum Gasteiger partial charge on any atom is 0.323 e. The number of rotatable bonds is 15. The number of fused-ring (bicyclic) bond motifs is 4. The highest BCUT2D eigenvalue weighted by Gasteiger charge is 2.36. The fourth-order valence-electron chi connectivity index (χ4n) is 9.56. The second-order valence-corrected chi connectivity index (χ2v) is 24.8. The quantitative estimate of drug-likeness (QED) is 0.0366. The van der Waals surface area contributed by atoms with Crippen LogP contribution in [0.15, 0.2) is 219 Å². The van der Waals surface area contributed by atoms with E-state index in [-0.39, 0.29) is 52.5 Å². The van der Waals surface area contributed by atoms with E-state index in [1.54, 1.807) is 57.8 Å². The fraction of sp³-hybridized carbons (Fsp3) is 0.176. The third-order valence-electron chi connectivity index (χ3n) is 14.1. The van der Waals surface area contributed by atoms with Crippen LogP contribution in [0.4, 0.5) is 22.7 Å². The van der Waals surface area contributed by atoms with Gasteiger partial charge in [-0.25, -0.2) is 5.48 Å². The summed E-state index contributed by atoms with van der Waals surface area (Å²) < 4.78 is 20.6. The van der Waals surface area contributed by atoms with Crippen molar-refractivity contribution in [2.45, 2.75) is 54.6 Å². The number of carbonyl (C=O) groups is 6. The molecule has 0 spiro atoms. The molecule has 4 heterocycles. The number of carboxylic acids is 1. The molecular formula is C68H63N5O12S4. The predicted molar refractivity (Wildman–Crippen MR) is 351 cm³/mol. The monoisotopic (exact) mass is 1270 g/mol. The van der Waals surface area contributed by atoms with Gasteiger partial charge < -0.3 is 39.6 Å². The van der Waals surface area contributed by atoms with Crippen molar-refractivity contribution in [2.75, 3.05) is 62.0 Å². The molecule has 21 heteroatoms. The number of aliphatic carboxylic acids is 1. The minimum atomic E-state index is -1.02. The lowest BCUT2D eigenvalue weighted by Gasteiger charge is -2.33. The third kappa shape index (κ3) is 17.1. The van der Waals surface area contributed by atoms with Crippen LogP contribution in [-0.2, 0) is 48.0 Å². The number of nitrogens with zero attached hydrogens (tertiary/aromatic N) is 2. The van der Waals surface area contributed by atoms with Gasteiger partial charge in [0.1, 0.15) is 36.1 Å². The van der Waals surface area contributed by atoms with Crippen LogP contribution < -0.4 is 44.9 Å². The summed E-state index contributed by atoms with van der Waals surface area (Å²) in [7, 11) is 6.50. The number of nitrogens with one attached hydrogen (secondary N) is 3. The van der Waals surface area contributed by atoms with Gasteiger partial charge in [0.15, 0.2) is 0 Å². The van der Waals surface area contributed by atoms with Crippen molar-refractivity contribution in [2.24, 2.45) is 0 Å². The molecule has 5 N–H and O–H groups in total. The molecule has 0 fully saturated rings. The molecule has 8 aromatic carbocycles. The summed E-state index contributed by atoms with van der Waals surface area (Å²) in [6.07, 6.45) is 3.68. The zero-order valence-electron chi connectivity index (χ0n) is 48.8. The second-order valence-electron chi connectivity index (χ2n) is 20.0. The summed E-state index contributed by atoms with van der Waals surface area (Å²) in [5.41, 5.74) is 8.86. The predicted octanol–water partition coefficient (Wildman–Crippen LogP) is 12.2. The van der Waals surface area contributed by atoms with Gasteiger partial charge in [-0.2, -0.15) is 0 Å². The highest BCUT2D eigenvalue weighted by Crippen LogP contribution is 2.43. The van der Waals surface area contributed by atoms with E-state index in [4.69, 9.17) is 29.3 Å². The summed E-state index contributed by atoms with van der Waals surface area (Å²) in [4.78, 5) is 80.1. The Hall–Kier alpha value is -9.12. The zero-order valence-corrected chi connectivity index (χ0v) is 52.1. The standard InChI is InChI=1S/C18H18N2O4S.C18H17NO4S.C16H15NO2S.C16H13NO2S/c1-24-13-8-6-12(7-9-13)10-16-18(22)20(11-17(21)19-23)14-4-2-3-5-15(14)25-16;1-23-13-8-6-12(7-9-13)10-16-18(22)19(11-17(20)21)14-4-2-3-5-15(14)24-16;2*1-19-12-8-6-11(7-9-12)10-15-16(18)17-13-4-2-3-5-14(13)20-15/h2-9,16,23H,10-11H2,1H3,(H,19,21);2-9,16H,10-11H2,1H3,(H,20,21);2-9,15H,10H2,1H3,(H,17,18);2-10H,1H3,(H,17,18)/b;;;15-10-. The molecule has 12 rings (SSSR count). The van der Waals surface area contributed by atoms with E-state index in [0.717, 1.165) is 82.6 Å². The molecule has 89 heavy (non-hydrogen) atoms. The van der Waals surface area contributed by atoms with E-state index in [1.807, 2.05) is 188 Å². The minimum Gasteiger partial charge on any atom is -0.497 e. The molecule has 4 aliphatic heterocycles. The van der Waals surface area contributed by atoms with Gasteiger partial charge in [-0.15, -0.1) is 35.3 Å². The van der Waals surface area contributed by atoms with Crippen LogP contribution in [0.1, 0.15) is 22.3 Å². The van der Waals surface area contributed by atoms with Gasteiger partial charge in [0.25, 0.3) is 11.8 Å². The highest BCUT2D eigenvalue weighted by atomic mass is 32.2. The lowest BCUT2D eigenvalue weighted by atomic mass is 10.1. The van der Waals surface area contributed by atoms with E-state index in [0.29, 0.717) is 29.1 Å². The molecule has 0 aliphatic carbocycles. The molecule has 3 atom stereocenters. The van der Waals surface area contributed by atoms with Crippen molar-refractivity contribution in [3.63, 3.8) is 0 Å². The number of carbonyl (C=O) groups excluding carboxylic acids is 5. The first-order valence-electron chi connectivity index (χ1n) is 27.9. The van der Waals surface area contributed by atoms with E-state index < -0.39 is 11.9 Å². The molecule has 0 bridgehead atoms. The Morgan fingerprint density at radius 1 is 0.483 bits per heavy atom. The number of hydroxylamine groups is 1. The van der Waals surface area contributed by atoms with Crippen LogP contribution in [0.2, 0.25) is 0 Å². The molecule has 0 radical (unpaired) electrons. The maximum absolute atomic E-state index is 12.9. The van der Waals surface area contributed by atoms with E-state index in [9.17, 15) is 28.8 Å². The Morgan fingerprint density at radius 2 is 0.865 bits per heavy atom. The Bertz CT molecular complexity index is 3840. The van der Waals surface area contributed by atoms with Crippen molar-refractivity contribution in [3.8, 4) is 23.0 Å². The second kappa shape index (κ2) is 31.2. The molecule has 0 saturated carbocycles. The van der Waals surface area contributed by atoms with Crippen molar-refractivity contribution in [1.82, 2.24) is 5.48 Å². The molecule has 456 valence electrons. The first kappa shape index (κ1) is 64.4. The van der Waals surface area contributed by atoms with Crippen molar-refractivity contribution < 1.29 is 58.0 Å². The number of para-hydroxylation sites is 4. The number of anilines is 4. The van der Waals surface area contributed by atoms with Crippen molar-refractivity contribution in [3.05, 3.63) is 221 Å². The molecule has 5 amide bonds. The Kier molecular flexibility index (Phi) is 22.5. The maximum atomic E-state index is 12.9. The normalized spacial score (nSPS) is 16.5. The van der Waals surface area contributed by atoms with E-state index in [2.05, 4.69) is 10.6 Å².